The molecule has 1 atom stereocenters. The van der Waals surface area contributed by atoms with E-state index < -0.39 is 17.7 Å². The predicted octanol–water partition coefficient (Wildman–Crippen LogP) is 4.14. The van der Waals surface area contributed by atoms with Crippen molar-refractivity contribution < 1.29 is 13.5 Å². The standard InChI is InChI=1S/C27H23F2N5O2/c28-21-8-7-18(14-22(21)29)24-17-32(12-13-36-24)23-5-3-4-19-15-30-34(27(35)26(19)23)11-9-20-16-33-10-2-1-6-25(33)31-20/h1-8,10,14-16,24H,9,11-13,17H2. The third kappa shape index (κ3) is 4.11. The molecule has 0 N–H and O–H groups in total. The number of aromatic nitrogens is 4. The van der Waals surface area contributed by atoms with Gasteiger partial charge < -0.3 is 14.0 Å². The van der Waals surface area contributed by atoms with E-state index in [0.717, 1.165) is 28.5 Å². The fraction of sp³-hybridized carbons (Fsp3) is 0.222. The van der Waals surface area contributed by atoms with Gasteiger partial charge in [0.25, 0.3) is 5.56 Å². The maximum atomic E-state index is 13.8. The van der Waals surface area contributed by atoms with Gasteiger partial charge in [0, 0.05) is 37.3 Å². The number of halogens is 2. The molecule has 4 heterocycles. The van der Waals surface area contributed by atoms with E-state index in [2.05, 4.69) is 15.0 Å². The largest absolute Gasteiger partial charge is 0.370 e. The zero-order valence-corrected chi connectivity index (χ0v) is 19.3. The zero-order chi connectivity index (χ0) is 24.6. The van der Waals surface area contributed by atoms with Crippen LogP contribution in [-0.2, 0) is 17.7 Å². The van der Waals surface area contributed by atoms with Gasteiger partial charge in [0.2, 0.25) is 0 Å². The number of pyridine rings is 1. The van der Waals surface area contributed by atoms with E-state index in [9.17, 15) is 13.6 Å². The minimum atomic E-state index is -0.905. The van der Waals surface area contributed by atoms with E-state index in [1.807, 2.05) is 53.2 Å². The monoisotopic (exact) mass is 487 g/mol. The van der Waals surface area contributed by atoms with Crippen LogP contribution in [0.2, 0.25) is 0 Å². The average Bonchev–Trinajstić information content (AvgIpc) is 3.33. The SMILES string of the molecule is O=c1c2c(N3CCOC(c4ccc(F)c(F)c4)C3)cccc2cnn1CCc1cn2ccccc2n1. The van der Waals surface area contributed by atoms with Crippen molar-refractivity contribution in [2.24, 2.45) is 0 Å². The average molecular weight is 488 g/mol. The molecule has 1 unspecified atom stereocenters. The number of rotatable bonds is 5. The first kappa shape index (κ1) is 22.4. The molecule has 2 aromatic carbocycles. The van der Waals surface area contributed by atoms with E-state index in [4.69, 9.17) is 4.74 Å². The van der Waals surface area contributed by atoms with Gasteiger partial charge in [-0.3, -0.25) is 4.79 Å². The normalized spacial score (nSPS) is 16.2. The Kier molecular flexibility index (Phi) is 5.69. The molecular formula is C27H23F2N5O2. The molecule has 0 amide bonds. The van der Waals surface area contributed by atoms with E-state index in [1.165, 1.54) is 16.8 Å². The molecule has 0 aliphatic carbocycles. The molecule has 1 aliphatic heterocycles. The zero-order valence-electron chi connectivity index (χ0n) is 19.3. The van der Waals surface area contributed by atoms with Gasteiger partial charge >= 0.3 is 0 Å². The molecular weight excluding hydrogens is 464 g/mol. The molecule has 0 radical (unpaired) electrons. The van der Waals surface area contributed by atoms with Crippen molar-refractivity contribution >= 4 is 22.1 Å². The lowest BCUT2D eigenvalue weighted by Crippen LogP contribution is -2.39. The summed E-state index contributed by atoms with van der Waals surface area (Å²) < 4.78 is 36.5. The first-order valence-electron chi connectivity index (χ1n) is 11.8. The van der Waals surface area contributed by atoms with Crippen molar-refractivity contribution in [3.05, 3.63) is 106 Å². The van der Waals surface area contributed by atoms with Crippen LogP contribution in [0, 0.1) is 11.6 Å². The van der Waals surface area contributed by atoms with Crippen LogP contribution in [0.25, 0.3) is 16.4 Å². The molecule has 36 heavy (non-hydrogen) atoms. The maximum Gasteiger partial charge on any atom is 0.276 e. The third-order valence-electron chi connectivity index (χ3n) is 6.58. The summed E-state index contributed by atoms with van der Waals surface area (Å²) in [5.74, 6) is -1.80. The number of ether oxygens (including phenoxy) is 1. The summed E-state index contributed by atoms with van der Waals surface area (Å²) in [6.45, 7) is 1.77. The fourth-order valence-electron chi connectivity index (χ4n) is 4.74. The summed E-state index contributed by atoms with van der Waals surface area (Å²) in [5.41, 5.74) is 2.90. The van der Waals surface area contributed by atoms with Gasteiger partial charge in [-0.1, -0.05) is 24.3 Å². The highest BCUT2D eigenvalue weighted by Crippen LogP contribution is 2.30. The fourth-order valence-corrected chi connectivity index (χ4v) is 4.74. The number of fused-ring (bicyclic) bond motifs is 2. The number of benzene rings is 2. The topological polar surface area (TPSA) is 64.7 Å². The molecule has 182 valence electrons. The van der Waals surface area contributed by atoms with E-state index in [-0.39, 0.29) is 5.56 Å². The first-order chi connectivity index (χ1) is 17.6. The number of hydrogen-bond donors (Lipinski definition) is 0. The lowest BCUT2D eigenvalue weighted by Gasteiger charge is -2.35. The highest BCUT2D eigenvalue weighted by Gasteiger charge is 2.25. The van der Waals surface area contributed by atoms with E-state index >= 15 is 0 Å². The summed E-state index contributed by atoms with van der Waals surface area (Å²) in [7, 11) is 0. The molecule has 0 saturated carbocycles. The van der Waals surface area contributed by atoms with Crippen molar-refractivity contribution in [1.82, 2.24) is 19.2 Å². The third-order valence-corrected chi connectivity index (χ3v) is 6.58. The van der Waals surface area contributed by atoms with Gasteiger partial charge in [-0.15, -0.1) is 0 Å². The molecule has 1 aliphatic rings. The van der Waals surface area contributed by atoms with Crippen molar-refractivity contribution in [3.8, 4) is 0 Å². The molecule has 7 nitrogen and oxygen atoms in total. The van der Waals surface area contributed by atoms with Gasteiger partial charge in [-0.05, 0) is 35.9 Å². The van der Waals surface area contributed by atoms with Gasteiger partial charge in [0.15, 0.2) is 11.6 Å². The molecule has 0 bridgehead atoms. The van der Waals surface area contributed by atoms with Crippen LogP contribution in [0.3, 0.4) is 0 Å². The summed E-state index contributed by atoms with van der Waals surface area (Å²) in [4.78, 5) is 20.2. The second-order valence-corrected chi connectivity index (χ2v) is 8.84. The molecule has 1 fully saturated rings. The van der Waals surface area contributed by atoms with Crippen LogP contribution in [0.15, 0.2) is 78.0 Å². The lowest BCUT2D eigenvalue weighted by molar-refractivity contribution is 0.0396. The number of imidazole rings is 1. The molecule has 1 saturated heterocycles. The predicted molar refractivity (Wildman–Crippen MR) is 132 cm³/mol. The first-order valence-corrected chi connectivity index (χ1v) is 11.8. The minimum absolute atomic E-state index is 0.178. The van der Waals surface area contributed by atoms with Gasteiger partial charge in [0.05, 0.1) is 36.1 Å². The Balaban J connectivity index is 1.29. The Bertz CT molecular complexity index is 1600. The van der Waals surface area contributed by atoms with Crippen LogP contribution in [-0.4, -0.2) is 38.9 Å². The summed E-state index contributed by atoms with van der Waals surface area (Å²) in [6.07, 6.45) is 5.73. The van der Waals surface area contributed by atoms with Gasteiger partial charge in [-0.25, -0.2) is 18.4 Å². The number of hydrogen-bond acceptors (Lipinski definition) is 5. The number of nitrogens with zero attached hydrogens (tertiary/aromatic N) is 5. The smallest absolute Gasteiger partial charge is 0.276 e. The van der Waals surface area contributed by atoms with Crippen molar-refractivity contribution in [2.75, 3.05) is 24.6 Å². The van der Waals surface area contributed by atoms with E-state index in [0.29, 0.717) is 43.6 Å². The van der Waals surface area contributed by atoms with Gasteiger partial charge in [-0.2, -0.15) is 5.10 Å². The van der Waals surface area contributed by atoms with Crippen molar-refractivity contribution in [1.29, 1.82) is 0 Å². The highest BCUT2D eigenvalue weighted by atomic mass is 19.2. The van der Waals surface area contributed by atoms with Crippen molar-refractivity contribution in [3.63, 3.8) is 0 Å². The summed E-state index contributed by atoms with van der Waals surface area (Å²) >= 11 is 0. The Morgan fingerprint density at radius 3 is 2.83 bits per heavy atom. The second kappa shape index (κ2) is 9.16. The second-order valence-electron chi connectivity index (χ2n) is 8.84. The summed E-state index contributed by atoms with van der Waals surface area (Å²) in [5, 5.41) is 5.72. The van der Waals surface area contributed by atoms with Crippen LogP contribution >= 0.6 is 0 Å². The summed E-state index contributed by atoms with van der Waals surface area (Å²) in [6, 6.07) is 15.3. The van der Waals surface area contributed by atoms with Crippen LogP contribution < -0.4 is 10.5 Å². The molecule has 9 heteroatoms. The molecule has 3 aromatic heterocycles. The lowest BCUT2D eigenvalue weighted by atomic mass is 10.1. The number of morpholine rings is 1. The molecule has 5 aromatic rings. The van der Waals surface area contributed by atoms with Crippen LogP contribution in [0.5, 0.6) is 0 Å². The quantitative estimate of drug-likeness (QED) is 0.373. The Morgan fingerprint density at radius 1 is 1.06 bits per heavy atom. The number of aryl methyl sites for hydroxylation is 2. The van der Waals surface area contributed by atoms with Gasteiger partial charge in [0.1, 0.15) is 11.8 Å². The number of anilines is 1. The molecule has 0 spiro atoms. The van der Waals surface area contributed by atoms with Crippen LogP contribution in [0.1, 0.15) is 17.4 Å². The Hall–Kier alpha value is -4.11. The minimum Gasteiger partial charge on any atom is -0.370 e. The molecule has 6 rings (SSSR count). The van der Waals surface area contributed by atoms with Crippen molar-refractivity contribution in [2.45, 2.75) is 19.1 Å². The highest BCUT2D eigenvalue weighted by molar-refractivity contribution is 5.93. The Labute approximate surface area is 205 Å². The van der Waals surface area contributed by atoms with E-state index in [1.54, 1.807) is 6.20 Å². The maximum absolute atomic E-state index is 13.8. The Morgan fingerprint density at radius 2 is 1.97 bits per heavy atom. The van der Waals surface area contributed by atoms with Crippen LogP contribution in [0.4, 0.5) is 14.5 Å².